The summed E-state index contributed by atoms with van der Waals surface area (Å²) in [7, 11) is 0. The van der Waals surface area contributed by atoms with Crippen LogP contribution in [0.4, 0.5) is 0 Å². The summed E-state index contributed by atoms with van der Waals surface area (Å²) in [6, 6.07) is 10.0. The molecule has 0 aliphatic carbocycles. The first kappa shape index (κ1) is 19.2. The Morgan fingerprint density at radius 2 is 2.11 bits per heavy atom. The molecule has 4 rings (SSSR count). The van der Waals surface area contributed by atoms with Gasteiger partial charge in [-0.05, 0) is 43.2 Å². The lowest BCUT2D eigenvalue weighted by Crippen LogP contribution is -2.24. The van der Waals surface area contributed by atoms with Crippen molar-refractivity contribution in [3.05, 3.63) is 70.8 Å². The molecule has 0 aliphatic heterocycles. The van der Waals surface area contributed by atoms with Crippen LogP contribution in [-0.2, 0) is 17.8 Å². The number of nitrogens with one attached hydrogen (secondary N) is 1. The molecule has 1 N–H and O–H groups in total. The first-order chi connectivity index (χ1) is 12.6. The fourth-order valence-corrected chi connectivity index (χ4v) is 3.70. The van der Waals surface area contributed by atoms with Gasteiger partial charge >= 0.3 is 0 Å². The number of halogens is 1. The fourth-order valence-electron chi connectivity index (χ4n) is 2.82. The normalized spacial score (nSPS) is 10.7. The number of thiazole rings is 1. The summed E-state index contributed by atoms with van der Waals surface area (Å²) < 4.78 is 7.23. The summed E-state index contributed by atoms with van der Waals surface area (Å²) in [6.45, 7) is 4.60. The van der Waals surface area contributed by atoms with E-state index in [0.717, 1.165) is 27.7 Å². The Morgan fingerprint density at radius 3 is 2.85 bits per heavy atom. The third-order valence-electron chi connectivity index (χ3n) is 4.47. The first-order valence-electron chi connectivity index (χ1n) is 8.42. The molecule has 3 heterocycles. The van der Waals surface area contributed by atoms with Crippen molar-refractivity contribution in [3.8, 4) is 11.3 Å². The second kappa shape index (κ2) is 7.98. The van der Waals surface area contributed by atoms with E-state index in [4.69, 9.17) is 9.40 Å². The highest BCUT2D eigenvalue weighted by Crippen LogP contribution is 2.25. The van der Waals surface area contributed by atoms with Crippen LogP contribution in [0.1, 0.15) is 22.6 Å². The van der Waals surface area contributed by atoms with E-state index in [2.05, 4.69) is 37.4 Å². The highest BCUT2D eigenvalue weighted by Gasteiger charge is 2.13. The molecule has 0 aliphatic rings. The maximum absolute atomic E-state index is 12.2. The Balaban J connectivity index is 0.00000210. The molecule has 0 unspecified atom stereocenters. The van der Waals surface area contributed by atoms with Crippen LogP contribution in [0.5, 0.6) is 0 Å². The molecule has 0 saturated heterocycles. The van der Waals surface area contributed by atoms with Crippen LogP contribution in [0.3, 0.4) is 0 Å². The highest BCUT2D eigenvalue weighted by molar-refractivity contribution is 7.15. The van der Waals surface area contributed by atoms with Crippen LogP contribution in [0.25, 0.3) is 16.2 Å². The van der Waals surface area contributed by atoms with Crippen LogP contribution < -0.4 is 5.32 Å². The number of benzene rings is 1. The zero-order chi connectivity index (χ0) is 18.1. The molecule has 0 saturated carbocycles. The number of carbonyl (C=O) groups is 1. The molecule has 0 atom stereocenters. The van der Waals surface area contributed by atoms with Crippen molar-refractivity contribution in [2.75, 3.05) is 0 Å². The smallest absolute Gasteiger partial charge is 0.226 e. The zero-order valence-electron chi connectivity index (χ0n) is 15.1. The lowest BCUT2D eigenvalue weighted by molar-refractivity contribution is -0.120. The molecule has 0 fully saturated rings. The predicted octanol–water partition coefficient (Wildman–Crippen LogP) is 4.55. The molecule has 0 bridgehead atoms. The highest BCUT2D eigenvalue weighted by atomic mass is 35.5. The van der Waals surface area contributed by atoms with Crippen LogP contribution >= 0.6 is 23.7 Å². The van der Waals surface area contributed by atoms with E-state index in [1.807, 2.05) is 28.1 Å². The third-order valence-corrected chi connectivity index (χ3v) is 5.36. The second-order valence-electron chi connectivity index (χ2n) is 6.34. The quantitative estimate of drug-likeness (QED) is 0.533. The average Bonchev–Trinajstić information content (AvgIpc) is 3.34. The van der Waals surface area contributed by atoms with Gasteiger partial charge in [0.15, 0.2) is 4.96 Å². The summed E-state index contributed by atoms with van der Waals surface area (Å²) in [4.78, 5) is 17.8. The van der Waals surface area contributed by atoms with Crippen molar-refractivity contribution in [1.82, 2.24) is 14.7 Å². The second-order valence-corrected chi connectivity index (χ2v) is 7.17. The van der Waals surface area contributed by atoms with Gasteiger partial charge in [-0.1, -0.05) is 12.1 Å². The number of nitrogens with zero attached hydrogens (tertiary/aromatic N) is 2. The van der Waals surface area contributed by atoms with E-state index in [0.29, 0.717) is 13.0 Å². The zero-order valence-corrected chi connectivity index (χ0v) is 16.7. The lowest BCUT2D eigenvalue weighted by atomic mass is 10.1. The van der Waals surface area contributed by atoms with Gasteiger partial charge in [0.2, 0.25) is 5.91 Å². The number of aromatic nitrogens is 2. The summed E-state index contributed by atoms with van der Waals surface area (Å²) in [6.07, 6.45) is 3.91. The Hall–Kier alpha value is -2.57. The molecule has 140 valence electrons. The maximum Gasteiger partial charge on any atom is 0.226 e. The van der Waals surface area contributed by atoms with Crippen molar-refractivity contribution in [2.45, 2.75) is 26.8 Å². The molecular formula is C20H20ClN3O2S. The van der Waals surface area contributed by atoms with Crippen molar-refractivity contribution in [2.24, 2.45) is 0 Å². The molecule has 4 aromatic rings. The molecule has 0 radical (unpaired) electrons. The van der Waals surface area contributed by atoms with Crippen LogP contribution in [-0.4, -0.2) is 15.3 Å². The van der Waals surface area contributed by atoms with Crippen molar-refractivity contribution in [1.29, 1.82) is 0 Å². The van der Waals surface area contributed by atoms with Crippen LogP contribution in [0.15, 0.2) is 52.6 Å². The lowest BCUT2D eigenvalue weighted by Gasteiger charge is -2.03. The van der Waals surface area contributed by atoms with E-state index < -0.39 is 0 Å². The van der Waals surface area contributed by atoms with Gasteiger partial charge in [0.1, 0.15) is 5.76 Å². The molecule has 27 heavy (non-hydrogen) atoms. The van der Waals surface area contributed by atoms with Gasteiger partial charge in [-0.2, -0.15) is 0 Å². The molecule has 1 amide bonds. The molecule has 7 heteroatoms. The summed E-state index contributed by atoms with van der Waals surface area (Å²) in [5.74, 6) is 0.705. The Bertz CT molecular complexity index is 1070. The Morgan fingerprint density at radius 1 is 1.26 bits per heavy atom. The van der Waals surface area contributed by atoms with E-state index in [1.165, 1.54) is 11.1 Å². The van der Waals surface area contributed by atoms with Gasteiger partial charge in [0.05, 0.1) is 24.9 Å². The number of carbonyl (C=O) groups excluding carboxylic acids is 1. The third kappa shape index (κ3) is 4.07. The Labute approximate surface area is 167 Å². The van der Waals surface area contributed by atoms with Gasteiger partial charge in [-0.15, -0.1) is 23.7 Å². The standard InChI is InChI=1S/C20H19N3O2S.ClH/c1-13-5-6-15(8-14(13)2)18-11-23-16(12-26-20(23)22-18)9-19(24)21-10-17-4-3-7-25-17;/h3-8,11-12H,9-10H2,1-2H3,(H,21,24);1H. The van der Waals surface area contributed by atoms with E-state index >= 15 is 0 Å². The number of fused-ring (bicyclic) bond motifs is 1. The number of furan rings is 1. The minimum absolute atomic E-state index is 0. The van der Waals surface area contributed by atoms with Gasteiger partial charge in [-0.25, -0.2) is 4.98 Å². The van der Waals surface area contributed by atoms with Crippen molar-refractivity contribution in [3.63, 3.8) is 0 Å². The number of aryl methyl sites for hydroxylation is 2. The molecule has 0 spiro atoms. The summed E-state index contributed by atoms with van der Waals surface area (Å²) in [5, 5.41) is 4.86. The van der Waals surface area contributed by atoms with E-state index in [1.54, 1.807) is 17.6 Å². The van der Waals surface area contributed by atoms with Crippen LogP contribution in [0, 0.1) is 13.8 Å². The Kier molecular flexibility index (Phi) is 5.68. The van der Waals surface area contributed by atoms with Gasteiger partial charge < -0.3 is 9.73 Å². The number of rotatable bonds is 5. The van der Waals surface area contributed by atoms with Crippen LogP contribution in [0.2, 0.25) is 0 Å². The van der Waals surface area contributed by atoms with Gasteiger partial charge in [-0.3, -0.25) is 9.20 Å². The average molecular weight is 402 g/mol. The minimum atomic E-state index is -0.0393. The number of hydrogen-bond acceptors (Lipinski definition) is 4. The first-order valence-corrected chi connectivity index (χ1v) is 9.30. The molecule has 5 nitrogen and oxygen atoms in total. The van der Waals surface area contributed by atoms with Crippen molar-refractivity contribution >= 4 is 34.6 Å². The largest absolute Gasteiger partial charge is 0.467 e. The number of imidazole rings is 1. The SMILES string of the molecule is Cc1ccc(-c2cn3c(CC(=O)NCc4ccco4)csc3n2)cc1C.Cl. The molecule has 1 aromatic carbocycles. The minimum Gasteiger partial charge on any atom is -0.467 e. The predicted molar refractivity (Wildman–Crippen MR) is 109 cm³/mol. The monoisotopic (exact) mass is 401 g/mol. The summed E-state index contributed by atoms with van der Waals surface area (Å²) >= 11 is 1.55. The topological polar surface area (TPSA) is 59.5 Å². The maximum atomic E-state index is 12.2. The van der Waals surface area contributed by atoms with E-state index in [9.17, 15) is 4.79 Å². The van der Waals surface area contributed by atoms with Gasteiger partial charge in [0.25, 0.3) is 0 Å². The summed E-state index contributed by atoms with van der Waals surface area (Å²) in [5.41, 5.74) is 5.47. The van der Waals surface area contributed by atoms with Crippen molar-refractivity contribution < 1.29 is 9.21 Å². The molecular weight excluding hydrogens is 382 g/mol. The van der Waals surface area contributed by atoms with E-state index in [-0.39, 0.29) is 18.3 Å². The number of amides is 1. The molecule has 3 aromatic heterocycles. The number of hydrogen-bond donors (Lipinski definition) is 1. The van der Waals surface area contributed by atoms with Gasteiger partial charge in [0, 0.05) is 22.8 Å². The fraction of sp³-hybridized carbons (Fsp3) is 0.200.